The average Bonchev–Trinajstić information content (AvgIpc) is 3.25. The SMILES string of the molecule is CCCC[n+]1ccn(C(c2ccccc2)c2cc3ccccc3o2)c1C.[I-]. The number of furan rings is 1. The summed E-state index contributed by atoms with van der Waals surface area (Å²) in [5.41, 5.74) is 2.17. The number of para-hydroxylation sites is 1. The van der Waals surface area contributed by atoms with Gasteiger partial charge in [0.15, 0.2) is 11.8 Å². The van der Waals surface area contributed by atoms with Crippen molar-refractivity contribution in [2.24, 2.45) is 0 Å². The van der Waals surface area contributed by atoms with Gasteiger partial charge in [0.25, 0.3) is 5.82 Å². The van der Waals surface area contributed by atoms with Crippen molar-refractivity contribution in [3.63, 3.8) is 0 Å². The topological polar surface area (TPSA) is 21.9 Å². The van der Waals surface area contributed by atoms with Crippen LogP contribution in [0.3, 0.4) is 0 Å². The first kappa shape index (κ1) is 19.7. The summed E-state index contributed by atoms with van der Waals surface area (Å²) in [7, 11) is 0. The van der Waals surface area contributed by atoms with Crippen molar-refractivity contribution < 1.29 is 33.0 Å². The number of imidazole rings is 1. The van der Waals surface area contributed by atoms with Crippen molar-refractivity contribution in [3.8, 4) is 0 Å². The highest BCUT2D eigenvalue weighted by Gasteiger charge is 2.28. The number of benzene rings is 2. The van der Waals surface area contributed by atoms with E-state index in [4.69, 9.17) is 4.42 Å². The van der Waals surface area contributed by atoms with Crippen LogP contribution in [-0.2, 0) is 6.54 Å². The first-order valence-corrected chi connectivity index (χ1v) is 9.38. The van der Waals surface area contributed by atoms with E-state index < -0.39 is 0 Å². The molecule has 2 aromatic heterocycles. The van der Waals surface area contributed by atoms with Crippen molar-refractivity contribution >= 4 is 11.0 Å². The van der Waals surface area contributed by atoms with E-state index >= 15 is 0 Å². The summed E-state index contributed by atoms with van der Waals surface area (Å²) in [5.74, 6) is 2.21. The molecule has 4 heteroatoms. The molecule has 0 saturated carbocycles. The first-order chi connectivity index (χ1) is 12.8. The van der Waals surface area contributed by atoms with Crippen LogP contribution >= 0.6 is 0 Å². The summed E-state index contributed by atoms with van der Waals surface area (Å²) in [4.78, 5) is 0. The largest absolute Gasteiger partial charge is 1.00 e. The Morgan fingerprint density at radius 1 is 1.04 bits per heavy atom. The lowest BCUT2D eigenvalue weighted by atomic mass is 10.0. The number of hydrogen-bond acceptors (Lipinski definition) is 1. The molecule has 0 amide bonds. The maximum absolute atomic E-state index is 6.25. The molecule has 2 aromatic carbocycles. The van der Waals surface area contributed by atoms with Crippen LogP contribution in [0.5, 0.6) is 0 Å². The normalized spacial score (nSPS) is 12.1. The molecule has 27 heavy (non-hydrogen) atoms. The molecule has 3 nitrogen and oxygen atoms in total. The molecule has 1 atom stereocenters. The summed E-state index contributed by atoms with van der Waals surface area (Å²) < 4.78 is 10.9. The second-order valence-electron chi connectivity index (χ2n) is 6.80. The van der Waals surface area contributed by atoms with Gasteiger partial charge in [-0.05, 0) is 18.6 Å². The van der Waals surface area contributed by atoms with Crippen molar-refractivity contribution in [2.45, 2.75) is 39.3 Å². The van der Waals surface area contributed by atoms with Gasteiger partial charge in [0.2, 0.25) is 0 Å². The lowest BCUT2D eigenvalue weighted by Crippen LogP contribution is -3.00. The number of rotatable bonds is 6. The third kappa shape index (κ3) is 3.95. The molecule has 0 fully saturated rings. The third-order valence-corrected chi connectivity index (χ3v) is 5.06. The molecule has 0 saturated heterocycles. The van der Waals surface area contributed by atoms with Gasteiger partial charge in [0, 0.05) is 17.9 Å². The predicted molar refractivity (Wildman–Crippen MR) is 104 cm³/mol. The molecule has 0 bridgehead atoms. The van der Waals surface area contributed by atoms with E-state index in [2.05, 4.69) is 83.9 Å². The lowest BCUT2D eigenvalue weighted by Gasteiger charge is -2.13. The smallest absolute Gasteiger partial charge is 0.254 e. The van der Waals surface area contributed by atoms with Gasteiger partial charge < -0.3 is 28.4 Å². The van der Waals surface area contributed by atoms with E-state index in [9.17, 15) is 0 Å². The van der Waals surface area contributed by atoms with Gasteiger partial charge in [0.05, 0.1) is 6.54 Å². The predicted octanol–water partition coefficient (Wildman–Crippen LogP) is 2.27. The number of hydrogen-bond donors (Lipinski definition) is 0. The number of halogens is 1. The third-order valence-electron chi connectivity index (χ3n) is 5.06. The first-order valence-electron chi connectivity index (χ1n) is 9.38. The van der Waals surface area contributed by atoms with E-state index in [1.165, 1.54) is 24.2 Å². The van der Waals surface area contributed by atoms with Crippen LogP contribution in [0.1, 0.15) is 43.0 Å². The highest BCUT2D eigenvalue weighted by atomic mass is 127. The van der Waals surface area contributed by atoms with Crippen molar-refractivity contribution in [2.75, 3.05) is 0 Å². The molecule has 0 radical (unpaired) electrons. The Bertz CT molecular complexity index is 971. The van der Waals surface area contributed by atoms with Gasteiger partial charge in [-0.1, -0.05) is 61.9 Å². The molecule has 2 heterocycles. The highest BCUT2D eigenvalue weighted by molar-refractivity contribution is 5.78. The number of aryl methyl sites for hydroxylation is 1. The van der Waals surface area contributed by atoms with Crippen LogP contribution in [0.15, 0.2) is 77.5 Å². The number of nitrogens with zero attached hydrogens (tertiary/aromatic N) is 2. The molecule has 0 spiro atoms. The molecule has 1 unspecified atom stereocenters. The lowest BCUT2D eigenvalue weighted by molar-refractivity contribution is -0.702. The Balaban J connectivity index is 0.00000210. The Morgan fingerprint density at radius 2 is 1.78 bits per heavy atom. The monoisotopic (exact) mass is 472 g/mol. The minimum absolute atomic E-state index is 0. The molecular formula is C23H25IN2O. The highest BCUT2D eigenvalue weighted by Crippen LogP contribution is 2.31. The Kier molecular flexibility index (Phi) is 6.37. The quantitative estimate of drug-likeness (QED) is 0.312. The van der Waals surface area contributed by atoms with Crippen LogP contribution in [0.25, 0.3) is 11.0 Å². The van der Waals surface area contributed by atoms with Crippen LogP contribution in [0, 0.1) is 6.92 Å². The summed E-state index contributed by atoms with van der Waals surface area (Å²) in [5, 5.41) is 1.15. The molecule has 0 aliphatic rings. The van der Waals surface area contributed by atoms with Gasteiger partial charge in [0.1, 0.15) is 18.0 Å². The molecular weight excluding hydrogens is 447 g/mol. The summed E-state index contributed by atoms with van der Waals surface area (Å²) in [6.45, 7) is 5.47. The second-order valence-corrected chi connectivity index (χ2v) is 6.80. The standard InChI is InChI=1S/C23H25N2O.HI/c1-3-4-14-24-15-16-25(18(24)2)23(19-10-6-5-7-11-19)22-17-20-12-8-9-13-21(20)26-22;/h5-13,15-17,23H,3-4,14H2,1-2H3;1H/q+1;/p-1. The van der Waals surface area contributed by atoms with E-state index in [0.717, 1.165) is 23.3 Å². The van der Waals surface area contributed by atoms with E-state index in [1.807, 2.05) is 12.1 Å². The van der Waals surface area contributed by atoms with Gasteiger partial charge >= 0.3 is 0 Å². The van der Waals surface area contributed by atoms with Crippen LogP contribution in [0.4, 0.5) is 0 Å². The molecule has 4 aromatic rings. The average molecular weight is 472 g/mol. The minimum Gasteiger partial charge on any atom is -1.00 e. The molecule has 0 N–H and O–H groups in total. The van der Waals surface area contributed by atoms with Gasteiger partial charge in [-0.2, -0.15) is 0 Å². The summed E-state index contributed by atoms with van der Waals surface area (Å²) >= 11 is 0. The number of unbranched alkanes of at least 4 members (excludes halogenated alkanes) is 1. The van der Waals surface area contributed by atoms with Crippen molar-refractivity contribution in [1.82, 2.24) is 4.57 Å². The molecule has 4 rings (SSSR count). The Morgan fingerprint density at radius 3 is 2.52 bits per heavy atom. The fourth-order valence-electron chi connectivity index (χ4n) is 3.59. The van der Waals surface area contributed by atoms with E-state index in [0.29, 0.717) is 0 Å². The zero-order valence-corrected chi connectivity index (χ0v) is 18.0. The summed E-state index contributed by atoms with van der Waals surface area (Å²) in [6.07, 6.45) is 6.75. The minimum atomic E-state index is 0. The van der Waals surface area contributed by atoms with Gasteiger partial charge in [-0.25, -0.2) is 9.13 Å². The van der Waals surface area contributed by atoms with Crippen LogP contribution in [0.2, 0.25) is 0 Å². The molecule has 0 aliphatic heterocycles. The van der Waals surface area contributed by atoms with Crippen LogP contribution < -0.4 is 28.5 Å². The number of fused-ring (bicyclic) bond motifs is 1. The van der Waals surface area contributed by atoms with Gasteiger partial charge in [-0.3, -0.25) is 0 Å². The zero-order chi connectivity index (χ0) is 17.9. The Hall–Kier alpha value is -2.08. The molecule has 0 aliphatic carbocycles. The van der Waals surface area contributed by atoms with E-state index in [1.54, 1.807) is 0 Å². The fourth-order valence-corrected chi connectivity index (χ4v) is 3.59. The van der Waals surface area contributed by atoms with Crippen molar-refractivity contribution in [3.05, 3.63) is 90.2 Å². The fraction of sp³-hybridized carbons (Fsp3) is 0.261. The number of aromatic nitrogens is 2. The van der Waals surface area contributed by atoms with Crippen molar-refractivity contribution in [1.29, 1.82) is 0 Å². The Labute approximate surface area is 177 Å². The summed E-state index contributed by atoms with van der Waals surface area (Å²) in [6, 6.07) is 21.0. The zero-order valence-electron chi connectivity index (χ0n) is 15.8. The maximum atomic E-state index is 6.25. The van der Waals surface area contributed by atoms with E-state index in [-0.39, 0.29) is 30.0 Å². The maximum Gasteiger partial charge on any atom is 0.254 e. The van der Waals surface area contributed by atoms with Gasteiger partial charge in [-0.15, -0.1) is 0 Å². The molecule has 140 valence electrons. The van der Waals surface area contributed by atoms with Crippen LogP contribution in [-0.4, -0.2) is 4.57 Å². The second kappa shape index (κ2) is 8.74.